The third-order valence-corrected chi connectivity index (χ3v) is 8.77. The van der Waals surface area contributed by atoms with E-state index >= 15 is 4.39 Å². The molecule has 2 saturated heterocycles. The van der Waals surface area contributed by atoms with Crippen molar-refractivity contribution < 1.29 is 31.9 Å². The number of hydrogen-bond acceptors (Lipinski definition) is 8. The van der Waals surface area contributed by atoms with Gasteiger partial charge in [0.25, 0.3) is 11.8 Å². The van der Waals surface area contributed by atoms with Crippen molar-refractivity contribution >= 4 is 34.5 Å². The zero-order valence-electron chi connectivity index (χ0n) is 23.6. The zero-order chi connectivity index (χ0) is 31.1. The number of hydrogen-bond donors (Lipinski definition) is 2. The van der Waals surface area contributed by atoms with E-state index in [1.165, 1.54) is 18.3 Å². The van der Waals surface area contributed by atoms with E-state index in [0.717, 1.165) is 11.3 Å². The van der Waals surface area contributed by atoms with Crippen LogP contribution in [0.5, 0.6) is 0 Å². The number of alkyl halides is 3. The maximum Gasteiger partial charge on any atom is 0.417 e. The van der Waals surface area contributed by atoms with Crippen LogP contribution in [0.1, 0.15) is 39.4 Å². The van der Waals surface area contributed by atoms with Gasteiger partial charge in [-0.1, -0.05) is 0 Å². The molecular weight excluding hydrogens is 592 g/mol. The van der Waals surface area contributed by atoms with Gasteiger partial charge in [0.05, 0.1) is 41.9 Å². The number of ether oxygens (including phenoxy) is 1. The Kier molecular flexibility index (Phi) is 8.58. The first kappa shape index (κ1) is 30.6. The Morgan fingerprint density at radius 2 is 1.79 bits per heavy atom. The van der Waals surface area contributed by atoms with Crippen LogP contribution >= 0.6 is 11.3 Å². The molecule has 3 aromatic rings. The first-order valence-corrected chi connectivity index (χ1v) is 14.4. The van der Waals surface area contributed by atoms with Gasteiger partial charge in [-0.25, -0.2) is 9.37 Å². The van der Waals surface area contributed by atoms with Gasteiger partial charge in [-0.2, -0.15) is 13.2 Å². The van der Waals surface area contributed by atoms with E-state index in [2.05, 4.69) is 20.2 Å². The number of thiazole rings is 1. The van der Waals surface area contributed by atoms with Crippen molar-refractivity contribution in [3.8, 4) is 10.6 Å². The average Bonchev–Trinajstić information content (AvgIpc) is 3.46. The van der Waals surface area contributed by atoms with Crippen LogP contribution in [0.3, 0.4) is 0 Å². The summed E-state index contributed by atoms with van der Waals surface area (Å²) in [6.07, 6.45) is -2.91. The first-order valence-electron chi connectivity index (χ1n) is 13.6. The second-order valence-corrected chi connectivity index (χ2v) is 11.7. The van der Waals surface area contributed by atoms with Crippen LogP contribution in [0.25, 0.3) is 10.6 Å². The van der Waals surface area contributed by atoms with Gasteiger partial charge in [0.15, 0.2) is 0 Å². The van der Waals surface area contributed by atoms with E-state index in [1.54, 1.807) is 4.90 Å². The number of aromatic nitrogens is 2. The van der Waals surface area contributed by atoms with Crippen LogP contribution in [0, 0.1) is 5.82 Å². The summed E-state index contributed by atoms with van der Waals surface area (Å²) in [5.41, 5.74) is -2.90. The van der Waals surface area contributed by atoms with Gasteiger partial charge in [0.1, 0.15) is 15.7 Å². The number of likely N-dealkylation sites (N-methyl/N-ethyl adjacent to an activating group) is 1. The molecule has 10 nitrogen and oxygen atoms in total. The number of carbonyl (C=O) groups excluding carboxylic acids is 2. The molecule has 2 aromatic heterocycles. The molecule has 230 valence electrons. The molecule has 2 amide bonds. The topological polar surface area (TPSA) is 111 Å². The molecule has 2 aliphatic rings. The smallest absolute Gasteiger partial charge is 0.378 e. The van der Waals surface area contributed by atoms with E-state index in [1.807, 2.05) is 25.8 Å². The number of halogens is 4. The quantitative estimate of drug-likeness (QED) is 0.416. The Morgan fingerprint density at radius 1 is 1.12 bits per heavy atom. The highest BCUT2D eigenvalue weighted by molar-refractivity contribution is 7.16. The number of piperazine rings is 1. The SMILES string of the molecule is CC1CN(c2cc(F)c(-c3ncc(C(=O)N4CCOCC4)s3)cc2NC(=O)c2c[nH]c(=O)cc2C(F)(F)F)C[C@@H](C)N1C. The number of nitrogens with zero attached hydrogens (tertiary/aromatic N) is 4. The Labute approximate surface area is 248 Å². The molecule has 2 aliphatic heterocycles. The number of pyridine rings is 1. The standard InChI is InChI=1S/C28H30F4N6O4S/c1-15-13-38(14-16(2)36(15)3)22-10-20(29)17(26-34-12-23(43-26)27(41)37-4-6-42-7-5-37)8-21(22)35-25(40)18-11-33-24(39)9-19(18)28(30,31)32/h8-12,15-16H,4-7,13-14H2,1-3H3,(H,33,39)(H,35,40)/t15-,16?/m1/s1. The van der Waals surface area contributed by atoms with E-state index in [9.17, 15) is 27.6 Å². The minimum atomic E-state index is -4.97. The molecule has 43 heavy (non-hydrogen) atoms. The summed E-state index contributed by atoms with van der Waals surface area (Å²) >= 11 is 0.971. The van der Waals surface area contributed by atoms with Gasteiger partial charge in [-0.15, -0.1) is 11.3 Å². The molecule has 0 radical (unpaired) electrons. The van der Waals surface area contributed by atoms with Crippen molar-refractivity contribution in [3.63, 3.8) is 0 Å². The summed E-state index contributed by atoms with van der Waals surface area (Å²) in [5, 5.41) is 2.68. The highest BCUT2D eigenvalue weighted by Gasteiger charge is 2.36. The molecule has 0 bridgehead atoms. The Hall–Kier alpha value is -3.82. The lowest BCUT2D eigenvalue weighted by atomic mass is 10.1. The van der Waals surface area contributed by atoms with Gasteiger partial charge < -0.3 is 24.8 Å². The molecular formula is C28H30F4N6O4S. The lowest BCUT2D eigenvalue weighted by Gasteiger charge is -2.44. The van der Waals surface area contributed by atoms with Crippen molar-refractivity contribution in [3.05, 3.63) is 62.8 Å². The van der Waals surface area contributed by atoms with Gasteiger partial charge in [-0.3, -0.25) is 19.3 Å². The molecule has 0 spiro atoms. The second kappa shape index (κ2) is 12.1. The number of nitrogens with one attached hydrogen (secondary N) is 2. The molecule has 2 N–H and O–H groups in total. The minimum Gasteiger partial charge on any atom is -0.378 e. The Morgan fingerprint density at radius 3 is 2.44 bits per heavy atom. The van der Waals surface area contributed by atoms with Gasteiger partial charge in [-0.05, 0) is 27.0 Å². The molecule has 1 unspecified atom stereocenters. The zero-order valence-corrected chi connectivity index (χ0v) is 24.4. The lowest BCUT2D eigenvalue weighted by molar-refractivity contribution is -0.138. The van der Waals surface area contributed by atoms with Crippen LogP contribution in [-0.2, 0) is 10.9 Å². The van der Waals surface area contributed by atoms with Gasteiger partial charge in [0.2, 0.25) is 5.56 Å². The monoisotopic (exact) mass is 622 g/mol. The summed E-state index contributed by atoms with van der Waals surface area (Å²) in [6.45, 7) is 6.55. The third-order valence-electron chi connectivity index (χ3n) is 7.75. The fourth-order valence-corrected chi connectivity index (χ4v) is 6.09. The van der Waals surface area contributed by atoms with E-state index in [4.69, 9.17) is 4.74 Å². The van der Waals surface area contributed by atoms with Crippen LogP contribution in [-0.4, -0.2) is 90.1 Å². The number of aromatic amines is 1. The first-order chi connectivity index (χ1) is 20.3. The summed E-state index contributed by atoms with van der Waals surface area (Å²) in [5.74, 6) is -2.08. The maximum atomic E-state index is 15.7. The predicted octanol–water partition coefficient (Wildman–Crippen LogP) is 3.91. The number of benzene rings is 1. The highest BCUT2D eigenvalue weighted by atomic mass is 32.1. The third kappa shape index (κ3) is 6.43. The molecule has 1 aromatic carbocycles. The Balaban J connectivity index is 1.54. The molecule has 5 rings (SSSR count). The van der Waals surface area contributed by atoms with Crippen molar-refractivity contribution in [1.29, 1.82) is 0 Å². The van der Waals surface area contributed by atoms with E-state index < -0.39 is 34.6 Å². The normalized spacial score (nSPS) is 19.9. The van der Waals surface area contributed by atoms with Crippen molar-refractivity contribution in [1.82, 2.24) is 19.8 Å². The summed E-state index contributed by atoms with van der Waals surface area (Å²) in [6, 6.07) is 2.96. The summed E-state index contributed by atoms with van der Waals surface area (Å²) < 4.78 is 62.2. The molecule has 4 heterocycles. The van der Waals surface area contributed by atoms with Gasteiger partial charge in [0, 0.05) is 62.2 Å². The second-order valence-electron chi connectivity index (χ2n) is 10.6. The van der Waals surface area contributed by atoms with E-state index in [-0.39, 0.29) is 44.8 Å². The number of rotatable bonds is 5. The molecule has 2 atom stereocenters. The van der Waals surface area contributed by atoms with Crippen LogP contribution in [0.4, 0.5) is 28.9 Å². The number of H-pyrrole nitrogens is 1. The summed E-state index contributed by atoms with van der Waals surface area (Å²) in [7, 11) is 1.96. The minimum absolute atomic E-state index is 0.0298. The molecule has 2 fully saturated rings. The molecule has 15 heteroatoms. The van der Waals surface area contributed by atoms with E-state index in [0.29, 0.717) is 51.7 Å². The number of anilines is 2. The largest absolute Gasteiger partial charge is 0.417 e. The van der Waals surface area contributed by atoms with Crippen LogP contribution in [0.15, 0.2) is 35.4 Å². The number of amides is 2. The van der Waals surface area contributed by atoms with Crippen LogP contribution in [0.2, 0.25) is 0 Å². The lowest BCUT2D eigenvalue weighted by Crippen LogP contribution is -2.55. The maximum absolute atomic E-state index is 15.7. The highest BCUT2D eigenvalue weighted by Crippen LogP contribution is 2.38. The summed E-state index contributed by atoms with van der Waals surface area (Å²) in [4.78, 5) is 50.1. The number of carbonyl (C=O) groups is 2. The average molecular weight is 623 g/mol. The fraction of sp³-hybridized carbons (Fsp3) is 0.429. The van der Waals surface area contributed by atoms with Crippen LogP contribution < -0.4 is 15.8 Å². The van der Waals surface area contributed by atoms with Crippen molar-refractivity contribution in [2.45, 2.75) is 32.1 Å². The van der Waals surface area contributed by atoms with Crippen molar-refractivity contribution in [2.24, 2.45) is 0 Å². The Bertz CT molecular complexity index is 1570. The van der Waals surface area contributed by atoms with Gasteiger partial charge >= 0.3 is 6.18 Å². The fourth-order valence-electron chi connectivity index (χ4n) is 5.19. The number of morpholine rings is 1. The predicted molar refractivity (Wildman–Crippen MR) is 153 cm³/mol. The van der Waals surface area contributed by atoms with Crippen molar-refractivity contribution in [2.75, 3.05) is 56.7 Å². The molecule has 0 aliphatic carbocycles. The molecule has 0 saturated carbocycles.